The van der Waals surface area contributed by atoms with E-state index in [0.717, 1.165) is 13.1 Å². The number of hydrogen-bond donors (Lipinski definition) is 1. The first kappa shape index (κ1) is 15.8. The second-order valence-electron chi connectivity index (χ2n) is 6.05. The molecule has 0 spiro atoms. The molecule has 2 aromatic rings. The van der Waals surface area contributed by atoms with E-state index in [1.54, 1.807) is 0 Å². The SMILES string of the molecule is CCCCNCc1cc(C)n(-c2cc(C)ccc2C)c1C. The number of nitrogens with zero attached hydrogens (tertiary/aromatic N) is 1. The van der Waals surface area contributed by atoms with Crippen molar-refractivity contribution in [2.45, 2.75) is 54.0 Å². The van der Waals surface area contributed by atoms with Gasteiger partial charge in [-0.15, -0.1) is 0 Å². The molecule has 0 atom stereocenters. The van der Waals surface area contributed by atoms with E-state index >= 15 is 0 Å². The van der Waals surface area contributed by atoms with Crippen molar-refractivity contribution in [3.63, 3.8) is 0 Å². The summed E-state index contributed by atoms with van der Waals surface area (Å²) in [5, 5.41) is 3.55. The van der Waals surface area contributed by atoms with E-state index in [0.29, 0.717) is 0 Å². The summed E-state index contributed by atoms with van der Waals surface area (Å²) in [5.74, 6) is 0. The van der Waals surface area contributed by atoms with Crippen LogP contribution in [0.5, 0.6) is 0 Å². The van der Waals surface area contributed by atoms with Gasteiger partial charge in [0.15, 0.2) is 0 Å². The summed E-state index contributed by atoms with van der Waals surface area (Å²) in [7, 11) is 0. The van der Waals surface area contributed by atoms with Crippen LogP contribution in [0, 0.1) is 27.7 Å². The summed E-state index contributed by atoms with van der Waals surface area (Å²) in [6.45, 7) is 13.1. The minimum atomic E-state index is 0.963. The average Bonchev–Trinajstić information content (AvgIpc) is 2.73. The van der Waals surface area contributed by atoms with Crippen molar-refractivity contribution in [1.29, 1.82) is 0 Å². The molecule has 2 heteroatoms. The van der Waals surface area contributed by atoms with Crippen molar-refractivity contribution in [3.05, 3.63) is 52.3 Å². The van der Waals surface area contributed by atoms with Crippen LogP contribution >= 0.6 is 0 Å². The highest BCUT2D eigenvalue weighted by molar-refractivity contribution is 5.48. The fourth-order valence-electron chi connectivity index (χ4n) is 2.86. The van der Waals surface area contributed by atoms with Crippen LogP contribution in [0.25, 0.3) is 5.69 Å². The molecular formula is C19H28N2. The van der Waals surface area contributed by atoms with E-state index in [-0.39, 0.29) is 0 Å². The Kier molecular flexibility index (Phi) is 5.24. The second kappa shape index (κ2) is 6.95. The van der Waals surface area contributed by atoms with Gasteiger partial charge >= 0.3 is 0 Å². The topological polar surface area (TPSA) is 17.0 Å². The van der Waals surface area contributed by atoms with Crippen molar-refractivity contribution in [2.24, 2.45) is 0 Å². The van der Waals surface area contributed by atoms with Crippen molar-refractivity contribution >= 4 is 0 Å². The number of unbranched alkanes of at least 4 members (excludes halogenated alkanes) is 1. The van der Waals surface area contributed by atoms with Crippen LogP contribution in [0.15, 0.2) is 24.3 Å². The zero-order chi connectivity index (χ0) is 15.4. The Morgan fingerprint density at radius 1 is 1.05 bits per heavy atom. The summed E-state index contributed by atoms with van der Waals surface area (Å²) in [6.07, 6.45) is 2.49. The molecule has 1 aromatic heterocycles. The molecule has 0 saturated heterocycles. The van der Waals surface area contributed by atoms with Gasteiger partial charge in [0.25, 0.3) is 0 Å². The van der Waals surface area contributed by atoms with E-state index in [1.807, 2.05) is 0 Å². The highest BCUT2D eigenvalue weighted by Crippen LogP contribution is 2.24. The first-order valence-corrected chi connectivity index (χ1v) is 8.00. The van der Waals surface area contributed by atoms with Crippen LogP contribution in [0.4, 0.5) is 0 Å². The summed E-state index contributed by atoms with van der Waals surface area (Å²) in [5.41, 5.74) is 8.02. The molecule has 0 radical (unpaired) electrons. The van der Waals surface area contributed by atoms with E-state index < -0.39 is 0 Å². The van der Waals surface area contributed by atoms with E-state index in [2.05, 4.69) is 68.8 Å². The van der Waals surface area contributed by atoms with Crippen molar-refractivity contribution in [3.8, 4) is 5.69 Å². The average molecular weight is 284 g/mol. The molecule has 1 heterocycles. The van der Waals surface area contributed by atoms with E-state index in [9.17, 15) is 0 Å². The van der Waals surface area contributed by atoms with E-state index in [4.69, 9.17) is 0 Å². The molecule has 114 valence electrons. The van der Waals surface area contributed by atoms with Crippen molar-refractivity contribution in [1.82, 2.24) is 9.88 Å². The van der Waals surface area contributed by atoms with Crippen molar-refractivity contribution < 1.29 is 0 Å². The highest BCUT2D eigenvalue weighted by Gasteiger charge is 2.12. The second-order valence-corrected chi connectivity index (χ2v) is 6.05. The molecule has 1 N–H and O–H groups in total. The highest BCUT2D eigenvalue weighted by atomic mass is 15.0. The maximum absolute atomic E-state index is 3.55. The largest absolute Gasteiger partial charge is 0.318 e. The van der Waals surface area contributed by atoms with Gasteiger partial charge in [0.2, 0.25) is 0 Å². The molecule has 21 heavy (non-hydrogen) atoms. The van der Waals surface area contributed by atoms with Crippen LogP contribution in [0.1, 0.15) is 47.8 Å². The van der Waals surface area contributed by atoms with Gasteiger partial charge < -0.3 is 9.88 Å². The fourth-order valence-corrected chi connectivity index (χ4v) is 2.86. The normalized spacial score (nSPS) is 11.1. The fraction of sp³-hybridized carbons (Fsp3) is 0.474. The maximum Gasteiger partial charge on any atom is 0.0486 e. The van der Waals surface area contributed by atoms with Crippen LogP contribution in [-0.2, 0) is 6.54 Å². The van der Waals surface area contributed by atoms with Gasteiger partial charge in [-0.2, -0.15) is 0 Å². The molecule has 0 unspecified atom stereocenters. The van der Waals surface area contributed by atoms with Crippen molar-refractivity contribution in [2.75, 3.05) is 6.54 Å². The molecule has 0 aliphatic rings. The van der Waals surface area contributed by atoms with Gasteiger partial charge in [0.05, 0.1) is 0 Å². The Bertz CT molecular complexity index is 608. The number of aromatic nitrogens is 1. The summed E-state index contributed by atoms with van der Waals surface area (Å²) in [4.78, 5) is 0. The van der Waals surface area contributed by atoms with Gasteiger partial charge in [-0.05, 0) is 69.5 Å². The monoisotopic (exact) mass is 284 g/mol. The number of benzene rings is 1. The number of rotatable bonds is 6. The minimum Gasteiger partial charge on any atom is -0.318 e. The third-order valence-electron chi connectivity index (χ3n) is 4.16. The van der Waals surface area contributed by atoms with Crippen LogP contribution in [0.2, 0.25) is 0 Å². The summed E-state index contributed by atoms with van der Waals surface area (Å²) < 4.78 is 2.39. The number of nitrogens with one attached hydrogen (secondary N) is 1. The first-order valence-electron chi connectivity index (χ1n) is 8.00. The lowest BCUT2D eigenvalue weighted by Crippen LogP contribution is -2.15. The number of hydrogen-bond acceptors (Lipinski definition) is 1. The Balaban J connectivity index is 2.28. The lowest BCUT2D eigenvalue weighted by Gasteiger charge is -2.14. The molecule has 0 aliphatic heterocycles. The zero-order valence-corrected chi connectivity index (χ0v) is 14.1. The lowest BCUT2D eigenvalue weighted by atomic mass is 10.1. The Morgan fingerprint density at radius 2 is 1.81 bits per heavy atom. The first-order chi connectivity index (χ1) is 10.0. The Hall–Kier alpha value is -1.54. The predicted molar refractivity (Wildman–Crippen MR) is 91.3 cm³/mol. The summed E-state index contributed by atoms with van der Waals surface area (Å²) in [6, 6.07) is 8.99. The van der Waals surface area contributed by atoms with Gasteiger partial charge in [0.1, 0.15) is 0 Å². The smallest absolute Gasteiger partial charge is 0.0486 e. The van der Waals surface area contributed by atoms with Gasteiger partial charge in [-0.25, -0.2) is 0 Å². The van der Waals surface area contributed by atoms with Gasteiger partial charge in [-0.3, -0.25) is 0 Å². The lowest BCUT2D eigenvalue weighted by molar-refractivity contribution is 0.639. The quantitative estimate of drug-likeness (QED) is 0.767. The molecule has 0 amide bonds. The molecule has 0 saturated carbocycles. The molecule has 0 fully saturated rings. The van der Waals surface area contributed by atoms with Crippen LogP contribution < -0.4 is 5.32 Å². The van der Waals surface area contributed by atoms with Gasteiger partial charge in [-0.1, -0.05) is 25.5 Å². The molecule has 2 rings (SSSR count). The van der Waals surface area contributed by atoms with Crippen LogP contribution in [0.3, 0.4) is 0 Å². The molecule has 2 nitrogen and oxygen atoms in total. The number of aryl methyl sites for hydroxylation is 3. The maximum atomic E-state index is 3.55. The summed E-state index contributed by atoms with van der Waals surface area (Å²) >= 11 is 0. The van der Waals surface area contributed by atoms with E-state index in [1.165, 1.54) is 46.6 Å². The van der Waals surface area contributed by atoms with Gasteiger partial charge in [0, 0.05) is 23.6 Å². The Morgan fingerprint density at radius 3 is 2.52 bits per heavy atom. The predicted octanol–water partition coefficient (Wildman–Crippen LogP) is 4.60. The Labute approximate surface area is 129 Å². The zero-order valence-electron chi connectivity index (χ0n) is 14.1. The molecule has 1 aromatic carbocycles. The third kappa shape index (κ3) is 3.56. The molecular weight excluding hydrogens is 256 g/mol. The molecule has 0 bridgehead atoms. The standard InChI is InChI=1S/C19H28N2/c1-6-7-10-20-13-18-12-16(4)21(17(18)5)19-11-14(2)8-9-15(19)3/h8-9,11-12,20H,6-7,10,13H2,1-5H3. The third-order valence-corrected chi connectivity index (χ3v) is 4.16. The minimum absolute atomic E-state index is 0.963. The van der Waals surface area contributed by atoms with Crippen LogP contribution in [-0.4, -0.2) is 11.1 Å². The molecule has 0 aliphatic carbocycles.